The minimum Gasteiger partial charge on any atom is -0.493 e. The zero-order valence-electron chi connectivity index (χ0n) is 16.5. The van der Waals surface area contributed by atoms with E-state index in [1.165, 1.54) is 38.9 Å². The topological polar surface area (TPSA) is 21.7 Å². The third-order valence-electron chi connectivity index (χ3n) is 6.06. The van der Waals surface area contributed by atoms with Gasteiger partial charge in [0.25, 0.3) is 0 Å². The Labute approximate surface area is 166 Å². The van der Waals surface area contributed by atoms with E-state index >= 15 is 0 Å². The van der Waals surface area contributed by atoms with Gasteiger partial charge in [-0.15, -0.1) is 0 Å². The number of fused-ring (bicyclic) bond motifs is 4. The second-order valence-corrected chi connectivity index (χ2v) is 7.76. The summed E-state index contributed by atoms with van der Waals surface area (Å²) in [6.45, 7) is 3.00. The van der Waals surface area contributed by atoms with Gasteiger partial charge in [-0.2, -0.15) is 0 Å². The Morgan fingerprint density at radius 2 is 1.54 bits per heavy atom. The molecule has 1 aliphatic heterocycles. The molecule has 0 bridgehead atoms. The molecule has 28 heavy (non-hydrogen) atoms. The molecule has 0 spiro atoms. The highest BCUT2D eigenvalue weighted by Gasteiger charge is 2.21. The molecule has 0 saturated carbocycles. The van der Waals surface area contributed by atoms with Crippen LogP contribution >= 0.6 is 0 Å². The summed E-state index contributed by atoms with van der Waals surface area (Å²) in [4.78, 5) is 2.53. The zero-order valence-corrected chi connectivity index (χ0v) is 16.5. The molecule has 0 radical (unpaired) electrons. The summed E-state index contributed by atoms with van der Waals surface area (Å²) < 4.78 is 10.9. The van der Waals surface area contributed by atoms with Gasteiger partial charge in [0.05, 0.1) is 14.2 Å². The third kappa shape index (κ3) is 2.96. The Balaban J connectivity index is 1.35. The lowest BCUT2D eigenvalue weighted by atomic mass is 9.97. The van der Waals surface area contributed by atoms with Gasteiger partial charge in [-0.1, -0.05) is 42.5 Å². The summed E-state index contributed by atoms with van der Waals surface area (Å²) in [6, 6.07) is 20.0. The van der Waals surface area contributed by atoms with Crippen LogP contribution in [0.1, 0.15) is 27.8 Å². The smallest absolute Gasteiger partial charge is 0.161 e. The average molecular weight is 371 g/mol. The quantitative estimate of drug-likeness (QED) is 0.513. The molecule has 3 heteroatoms. The highest BCUT2D eigenvalue weighted by molar-refractivity contribution is 5.76. The van der Waals surface area contributed by atoms with E-state index in [1.807, 2.05) is 0 Å². The van der Waals surface area contributed by atoms with Crippen molar-refractivity contribution in [2.75, 3.05) is 20.8 Å². The standard InChI is InChI=1S/C25H25NO2/c1-27-24-13-18-9-10-26(16-21(18)14-25(24)28-2)15-17-7-8-23-20(11-17)12-19-5-3-4-6-22(19)23/h3-8,11,13-14H,9-10,12,15-16H2,1-2H3. The Bertz CT molecular complexity index is 1040. The highest BCUT2D eigenvalue weighted by Crippen LogP contribution is 2.37. The van der Waals surface area contributed by atoms with E-state index in [1.54, 1.807) is 14.2 Å². The number of benzene rings is 3. The maximum Gasteiger partial charge on any atom is 0.161 e. The van der Waals surface area contributed by atoms with E-state index in [2.05, 4.69) is 59.5 Å². The third-order valence-corrected chi connectivity index (χ3v) is 6.06. The van der Waals surface area contributed by atoms with Crippen LogP contribution in [0.3, 0.4) is 0 Å². The first-order chi connectivity index (χ1) is 13.7. The lowest BCUT2D eigenvalue weighted by Crippen LogP contribution is -2.30. The van der Waals surface area contributed by atoms with E-state index in [0.717, 1.165) is 44.0 Å². The zero-order chi connectivity index (χ0) is 19.1. The SMILES string of the molecule is COc1cc2c(cc1OC)CN(Cc1ccc3c(c1)Cc1ccccc1-3)CC2. The van der Waals surface area contributed by atoms with Crippen molar-refractivity contribution in [1.29, 1.82) is 0 Å². The molecule has 1 aliphatic carbocycles. The Morgan fingerprint density at radius 1 is 0.786 bits per heavy atom. The van der Waals surface area contributed by atoms with Crippen molar-refractivity contribution < 1.29 is 9.47 Å². The van der Waals surface area contributed by atoms with Crippen molar-refractivity contribution in [3.63, 3.8) is 0 Å². The van der Waals surface area contributed by atoms with Crippen molar-refractivity contribution in [3.05, 3.63) is 82.4 Å². The van der Waals surface area contributed by atoms with Crippen molar-refractivity contribution >= 4 is 0 Å². The van der Waals surface area contributed by atoms with Crippen molar-refractivity contribution in [2.24, 2.45) is 0 Å². The molecule has 0 fully saturated rings. The van der Waals surface area contributed by atoms with E-state index < -0.39 is 0 Å². The largest absolute Gasteiger partial charge is 0.493 e. The molecule has 0 aromatic heterocycles. The fourth-order valence-electron chi connectivity index (χ4n) is 4.63. The van der Waals surface area contributed by atoms with Gasteiger partial charge in [0.1, 0.15) is 0 Å². The maximum absolute atomic E-state index is 5.49. The van der Waals surface area contributed by atoms with Crippen LogP contribution in [-0.4, -0.2) is 25.7 Å². The van der Waals surface area contributed by atoms with Gasteiger partial charge in [-0.05, 0) is 63.9 Å². The molecule has 2 aliphatic rings. The number of hydrogen-bond acceptors (Lipinski definition) is 3. The second kappa shape index (κ2) is 6.99. The van der Waals surface area contributed by atoms with Gasteiger partial charge < -0.3 is 9.47 Å². The van der Waals surface area contributed by atoms with Crippen LogP contribution in [0.25, 0.3) is 11.1 Å². The highest BCUT2D eigenvalue weighted by atomic mass is 16.5. The first kappa shape index (κ1) is 17.3. The average Bonchev–Trinajstić information content (AvgIpc) is 3.10. The molecule has 142 valence electrons. The molecule has 0 saturated heterocycles. The fraction of sp³-hybridized carbons (Fsp3) is 0.280. The van der Waals surface area contributed by atoms with Crippen LogP contribution in [0.15, 0.2) is 54.6 Å². The summed E-state index contributed by atoms with van der Waals surface area (Å²) in [5.74, 6) is 1.64. The van der Waals surface area contributed by atoms with Crippen LogP contribution in [0.5, 0.6) is 11.5 Å². The summed E-state index contributed by atoms with van der Waals surface area (Å²) in [7, 11) is 3.40. The van der Waals surface area contributed by atoms with E-state index in [9.17, 15) is 0 Å². The van der Waals surface area contributed by atoms with Crippen LogP contribution in [0, 0.1) is 0 Å². The molecule has 0 atom stereocenters. The summed E-state index contributed by atoms with van der Waals surface area (Å²) >= 11 is 0. The maximum atomic E-state index is 5.49. The lowest BCUT2D eigenvalue weighted by molar-refractivity contribution is 0.244. The predicted molar refractivity (Wildman–Crippen MR) is 112 cm³/mol. The van der Waals surface area contributed by atoms with Gasteiger partial charge in [0, 0.05) is 19.6 Å². The van der Waals surface area contributed by atoms with Crippen LogP contribution < -0.4 is 9.47 Å². The molecule has 5 rings (SSSR count). The molecular weight excluding hydrogens is 346 g/mol. The molecule has 3 aromatic carbocycles. The number of methoxy groups -OCH3 is 2. The van der Waals surface area contributed by atoms with Crippen molar-refractivity contribution in [1.82, 2.24) is 4.90 Å². The molecule has 0 unspecified atom stereocenters. The summed E-state index contributed by atoms with van der Waals surface area (Å²) in [5, 5.41) is 0. The minimum atomic E-state index is 0.818. The monoisotopic (exact) mass is 371 g/mol. The molecule has 0 N–H and O–H groups in total. The molecule has 1 heterocycles. The Hall–Kier alpha value is -2.78. The Morgan fingerprint density at radius 3 is 2.36 bits per heavy atom. The number of nitrogens with zero attached hydrogens (tertiary/aromatic N) is 1. The Kier molecular flexibility index (Phi) is 4.33. The van der Waals surface area contributed by atoms with Gasteiger partial charge in [-0.3, -0.25) is 4.90 Å². The van der Waals surface area contributed by atoms with Gasteiger partial charge >= 0.3 is 0 Å². The minimum absolute atomic E-state index is 0.818. The first-order valence-corrected chi connectivity index (χ1v) is 9.91. The van der Waals surface area contributed by atoms with Crippen molar-refractivity contribution in [2.45, 2.75) is 25.9 Å². The van der Waals surface area contributed by atoms with Gasteiger partial charge in [0.15, 0.2) is 11.5 Å². The van der Waals surface area contributed by atoms with Crippen LogP contribution in [0.2, 0.25) is 0 Å². The summed E-state index contributed by atoms with van der Waals surface area (Å²) in [6.07, 6.45) is 2.10. The number of hydrogen-bond donors (Lipinski definition) is 0. The van der Waals surface area contributed by atoms with Gasteiger partial charge in [-0.25, -0.2) is 0 Å². The van der Waals surface area contributed by atoms with E-state index in [4.69, 9.17) is 9.47 Å². The number of rotatable bonds is 4. The molecule has 0 amide bonds. The molecular formula is C25H25NO2. The number of ether oxygens (including phenoxy) is 2. The van der Waals surface area contributed by atoms with Gasteiger partial charge in [0.2, 0.25) is 0 Å². The lowest BCUT2D eigenvalue weighted by Gasteiger charge is -2.29. The molecule has 3 aromatic rings. The first-order valence-electron chi connectivity index (χ1n) is 9.91. The molecule has 3 nitrogen and oxygen atoms in total. The van der Waals surface area contributed by atoms with E-state index in [-0.39, 0.29) is 0 Å². The van der Waals surface area contributed by atoms with Crippen LogP contribution in [-0.2, 0) is 25.9 Å². The normalized spacial score (nSPS) is 14.9. The van der Waals surface area contributed by atoms with Crippen molar-refractivity contribution in [3.8, 4) is 22.6 Å². The van der Waals surface area contributed by atoms with Crippen LogP contribution in [0.4, 0.5) is 0 Å². The predicted octanol–water partition coefficient (Wildman–Crippen LogP) is 4.83. The fourth-order valence-corrected chi connectivity index (χ4v) is 4.63. The summed E-state index contributed by atoms with van der Waals surface area (Å²) in [5.41, 5.74) is 9.83. The second-order valence-electron chi connectivity index (χ2n) is 7.76. The van der Waals surface area contributed by atoms with E-state index in [0.29, 0.717) is 0 Å².